The second-order valence-corrected chi connectivity index (χ2v) is 8.21. The van der Waals surface area contributed by atoms with Crippen molar-refractivity contribution in [2.24, 2.45) is 0 Å². The molecule has 0 saturated carbocycles. The van der Waals surface area contributed by atoms with Gasteiger partial charge in [0.2, 0.25) is 5.91 Å². The zero-order valence-corrected chi connectivity index (χ0v) is 19.5. The number of amides is 2. The van der Waals surface area contributed by atoms with Gasteiger partial charge >= 0.3 is 0 Å². The monoisotopic (exact) mass is 469 g/mol. The number of hydrogen-bond acceptors (Lipinski definition) is 6. The summed E-state index contributed by atoms with van der Waals surface area (Å²) < 4.78 is 24.6. The maximum Gasteiger partial charge on any atom is 0.255 e. The molecule has 1 aliphatic heterocycles. The molecule has 3 aromatic rings. The van der Waals surface area contributed by atoms with E-state index in [0.717, 1.165) is 0 Å². The Labute approximate surface area is 196 Å². The maximum atomic E-state index is 14.1. The number of carbonyl (C=O) groups is 2. The molecular weight excluding hydrogens is 441 g/mol. The molecule has 4 rings (SSSR count). The van der Waals surface area contributed by atoms with E-state index < -0.39 is 5.82 Å². The summed E-state index contributed by atoms with van der Waals surface area (Å²) in [5.41, 5.74) is 2.99. The third-order valence-electron chi connectivity index (χ3n) is 5.95. The average Bonchev–Trinajstić information content (AvgIpc) is 3.17. The van der Waals surface area contributed by atoms with Gasteiger partial charge in [-0.2, -0.15) is 0 Å². The van der Waals surface area contributed by atoms with Crippen LogP contribution in [0.15, 0.2) is 24.5 Å². The van der Waals surface area contributed by atoms with Gasteiger partial charge in [0.1, 0.15) is 35.7 Å². The Morgan fingerprint density at radius 1 is 1.26 bits per heavy atom. The summed E-state index contributed by atoms with van der Waals surface area (Å²) in [6, 6.07) is 4.20. The van der Waals surface area contributed by atoms with E-state index in [0.29, 0.717) is 71.8 Å². The van der Waals surface area contributed by atoms with Crippen molar-refractivity contribution in [2.75, 3.05) is 33.4 Å². The van der Waals surface area contributed by atoms with Crippen molar-refractivity contribution in [3.8, 4) is 17.0 Å². The SMILES string of the molecule is CCOc1ccc(F)cc1-c1ncnc2c(C(=O)NC3CCN(C(=O)COC)CC3)c(C)[nH]c12. The highest BCUT2D eigenvalue weighted by molar-refractivity contribution is 6.09. The van der Waals surface area contributed by atoms with Crippen LogP contribution in [0.5, 0.6) is 5.75 Å². The van der Waals surface area contributed by atoms with E-state index in [1.165, 1.54) is 25.6 Å². The summed E-state index contributed by atoms with van der Waals surface area (Å²) in [5, 5.41) is 3.07. The molecule has 1 saturated heterocycles. The molecule has 10 heteroatoms. The summed E-state index contributed by atoms with van der Waals surface area (Å²) in [4.78, 5) is 38.9. The Morgan fingerprint density at radius 3 is 2.74 bits per heavy atom. The van der Waals surface area contributed by atoms with E-state index in [4.69, 9.17) is 9.47 Å². The van der Waals surface area contributed by atoms with Crippen LogP contribution in [-0.2, 0) is 9.53 Å². The van der Waals surface area contributed by atoms with Gasteiger partial charge in [-0.05, 0) is 44.9 Å². The van der Waals surface area contributed by atoms with Crippen molar-refractivity contribution < 1.29 is 23.5 Å². The highest BCUT2D eigenvalue weighted by atomic mass is 19.1. The normalized spacial score (nSPS) is 14.4. The predicted octanol–water partition coefficient (Wildman–Crippen LogP) is 2.84. The molecule has 34 heavy (non-hydrogen) atoms. The van der Waals surface area contributed by atoms with Crippen molar-refractivity contribution in [2.45, 2.75) is 32.7 Å². The number of likely N-dealkylation sites (tertiary alicyclic amines) is 1. The lowest BCUT2D eigenvalue weighted by Crippen LogP contribution is -2.47. The van der Waals surface area contributed by atoms with Crippen molar-refractivity contribution in [3.05, 3.63) is 41.6 Å². The van der Waals surface area contributed by atoms with Gasteiger partial charge in [0.15, 0.2) is 0 Å². The highest BCUT2D eigenvalue weighted by Crippen LogP contribution is 2.34. The predicted molar refractivity (Wildman–Crippen MR) is 124 cm³/mol. The van der Waals surface area contributed by atoms with Crippen molar-refractivity contribution in [1.29, 1.82) is 0 Å². The second kappa shape index (κ2) is 10.2. The number of H-pyrrole nitrogens is 1. The zero-order chi connectivity index (χ0) is 24.2. The van der Waals surface area contributed by atoms with Gasteiger partial charge in [-0.25, -0.2) is 14.4 Å². The number of nitrogens with one attached hydrogen (secondary N) is 2. The molecule has 0 atom stereocenters. The average molecular weight is 470 g/mol. The molecule has 0 unspecified atom stereocenters. The number of fused-ring (bicyclic) bond motifs is 1. The quantitative estimate of drug-likeness (QED) is 0.551. The number of carbonyl (C=O) groups excluding carboxylic acids is 2. The minimum absolute atomic E-state index is 0.0484. The molecule has 2 amide bonds. The van der Waals surface area contributed by atoms with Crippen LogP contribution in [0.1, 0.15) is 35.8 Å². The first-order chi connectivity index (χ1) is 16.4. The molecule has 1 aromatic carbocycles. The van der Waals surface area contributed by atoms with Crippen LogP contribution >= 0.6 is 0 Å². The van der Waals surface area contributed by atoms with E-state index in [1.807, 2.05) is 6.92 Å². The number of nitrogens with zero attached hydrogens (tertiary/aromatic N) is 3. The number of hydrogen-bond donors (Lipinski definition) is 2. The van der Waals surface area contributed by atoms with Crippen molar-refractivity contribution in [3.63, 3.8) is 0 Å². The van der Waals surface area contributed by atoms with E-state index >= 15 is 0 Å². The number of benzene rings is 1. The van der Waals surface area contributed by atoms with Crippen LogP contribution in [0.2, 0.25) is 0 Å². The summed E-state index contributed by atoms with van der Waals surface area (Å²) >= 11 is 0. The largest absolute Gasteiger partial charge is 0.493 e. The molecule has 3 heterocycles. The smallest absolute Gasteiger partial charge is 0.255 e. The van der Waals surface area contributed by atoms with Crippen LogP contribution < -0.4 is 10.1 Å². The molecule has 1 aliphatic rings. The van der Waals surface area contributed by atoms with Gasteiger partial charge in [-0.1, -0.05) is 0 Å². The van der Waals surface area contributed by atoms with Crippen LogP contribution in [0.3, 0.4) is 0 Å². The Bertz CT molecular complexity index is 1200. The standard InChI is InChI=1S/C24H28FN5O4/c1-4-34-18-6-5-15(25)11-17(18)21-23-22(27-13-26-21)20(14(2)28-23)24(32)29-16-7-9-30(10-8-16)19(31)12-33-3/h5-6,11,13,16,28H,4,7-10,12H2,1-3H3,(H,29,32). The number of aromatic nitrogens is 3. The summed E-state index contributed by atoms with van der Waals surface area (Å²) in [5.74, 6) is -0.217. The first-order valence-corrected chi connectivity index (χ1v) is 11.3. The van der Waals surface area contributed by atoms with Gasteiger partial charge in [-0.3, -0.25) is 9.59 Å². The van der Waals surface area contributed by atoms with Gasteiger partial charge in [-0.15, -0.1) is 0 Å². The lowest BCUT2D eigenvalue weighted by Gasteiger charge is -2.32. The molecule has 1 fully saturated rings. The van der Waals surface area contributed by atoms with Crippen LogP contribution in [0.25, 0.3) is 22.3 Å². The Kier molecular flexibility index (Phi) is 7.06. The third-order valence-corrected chi connectivity index (χ3v) is 5.95. The molecule has 0 radical (unpaired) electrons. The zero-order valence-electron chi connectivity index (χ0n) is 19.5. The number of piperidine rings is 1. The highest BCUT2D eigenvalue weighted by Gasteiger charge is 2.27. The van der Waals surface area contributed by atoms with E-state index in [9.17, 15) is 14.0 Å². The van der Waals surface area contributed by atoms with Crippen LogP contribution in [-0.4, -0.2) is 71.1 Å². The maximum absolute atomic E-state index is 14.1. The summed E-state index contributed by atoms with van der Waals surface area (Å²) in [6.45, 7) is 5.24. The molecule has 2 N–H and O–H groups in total. The number of ether oxygens (including phenoxy) is 2. The molecule has 9 nitrogen and oxygen atoms in total. The molecule has 0 bridgehead atoms. The van der Waals surface area contributed by atoms with Gasteiger partial charge in [0.05, 0.1) is 17.7 Å². The lowest BCUT2D eigenvalue weighted by atomic mass is 10.0. The summed E-state index contributed by atoms with van der Waals surface area (Å²) in [7, 11) is 1.50. The van der Waals surface area contributed by atoms with Crippen LogP contribution in [0, 0.1) is 12.7 Å². The molecule has 2 aromatic heterocycles. The number of aromatic amines is 1. The van der Waals surface area contributed by atoms with Crippen molar-refractivity contribution >= 4 is 22.8 Å². The number of aryl methyl sites for hydroxylation is 1. The topological polar surface area (TPSA) is 109 Å². The minimum Gasteiger partial charge on any atom is -0.493 e. The van der Waals surface area contributed by atoms with E-state index in [-0.39, 0.29) is 24.5 Å². The second-order valence-electron chi connectivity index (χ2n) is 8.21. The third kappa shape index (κ3) is 4.72. The fourth-order valence-electron chi connectivity index (χ4n) is 4.32. The summed E-state index contributed by atoms with van der Waals surface area (Å²) in [6.07, 6.45) is 2.68. The fraction of sp³-hybridized carbons (Fsp3) is 0.417. The van der Waals surface area contributed by atoms with Gasteiger partial charge in [0, 0.05) is 37.5 Å². The Morgan fingerprint density at radius 2 is 2.03 bits per heavy atom. The van der Waals surface area contributed by atoms with E-state index in [1.54, 1.807) is 17.9 Å². The van der Waals surface area contributed by atoms with Gasteiger partial charge < -0.3 is 24.7 Å². The molecule has 0 aliphatic carbocycles. The first kappa shape index (κ1) is 23.6. The Balaban J connectivity index is 1.59. The first-order valence-electron chi connectivity index (χ1n) is 11.3. The number of methoxy groups -OCH3 is 1. The fourth-order valence-corrected chi connectivity index (χ4v) is 4.32. The molecule has 180 valence electrons. The number of halogens is 1. The lowest BCUT2D eigenvalue weighted by molar-refractivity contribution is -0.136. The minimum atomic E-state index is -0.415. The van der Waals surface area contributed by atoms with Crippen LogP contribution in [0.4, 0.5) is 4.39 Å². The van der Waals surface area contributed by atoms with Crippen molar-refractivity contribution in [1.82, 2.24) is 25.2 Å². The molecule has 0 spiro atoms. The van der Waals surface area contributed by atoms with Gasteiger partial charge in [0.25, 0.3) is 5.91 Å². The van der Waals surface area contributed by atoms with E-state index in [2.05, 4.69) is 20.3 Å². The molecular formula is C24H28FN5O4. The Hall–Kier alpha value is -3.53. The number of rotatable bonds is 7.